The summed E-state index contributed by atoms with van der Waals surface area (Å²) in [5.74, 6) is 5.35. The second-order valence-corrected chi connectivity index (χ2v) is 4.72. The molecule has 0 bridgehead atoms. The van der Waals surface area contributed by atoms with Gasteiger partial charge in [0.1, 0.15) is 5.82 Å². The molecule has 0 aromatic heterocycles. The first-order chi connectivity index (χ1) is 7.50. The van der Waals surface area contributed by atoms with Crippen LogP contribution in [0.2, 0.25) is 5.02 Å². The summed E-state index contributed by atoms with van der Waals surface area (Å²) >= 11 is 6.85. The van der Waals surface area contributed by atoms with Crippen molar-refractivity contribution in [3.63, 3.8) is 0 Å². The zero-order valence-corrected chi connectivity index (χ0v) is 10.5. The molecule has 1 nitrogen and oxygen atoms in total. The van der Waals surface area contributed by atoms with Crippen LogP contribution in [0.1, 0.15) is 18.1 Å². The number of carbonyl (C=O) groups is 1. The summed E-state index contributed by atoms with van der Waals surface area (Å²) in [6.45, 7) is 3.26. The van der Waals surface area contributed by atoms with Crippen molar-refractivity contribution in [3.8, 4) is 11.8 Å². The maximum Gasteiger partial charge on any atom is 0.186 e. The summed E-state index contributed by atoms with van der Waals surface area (Å²) in [6, 6.07) is 2.85. The van der Waals surface area contributed by atoms with Gasteiger partial charge in [0.15, 0.2) is 5.12 Å². The first-order valence-corrected chi connectivity index (χ1v) is 5.95. The molecule has 0 radical (unpaired) electrons. The largest absolute Gasteiger partial charge is 0.288 e. The number of benzene rings is 1. The van der Waals surface area contributed by atoms with Gasteiger partial charge in [-0.25, -0.2) is 4.39 Å². The monoisotopic (exact) mass is 256 g/mol. The molecule has 0 amide bonds. The van der Waals surface area contributed by atoms with E-state index in [-0.39, 0.29) is 5.12 Å². The van der Waals surface area contributed by atoms with E-state index in [1.807, 2.05) is 0 Å². The van der Waals surface area contributed by atoms with Crippen molar-refractivity contribution in [1.82, 2.24) is 0 Å². The van der Waals surface area contributed by atoms with Crippen LogP contribution in [0.4, 0.5) is 4.39 Å². The molecule has 0 spiro atoms. The highest BCUT2D eigenvalue weighted by Gasteiger charge is 2.03. The molecule has 16 heavy (non-hydrogen) atoms. The summed E-state index contributed by atoms with van der Waals surface area (Å²) in [5.41, 5.74) is 1.10. The Morgan fingerprint density at radius 2 is 2.25 bits per heavy atom. The summed E-state index contributed by atoms with van der Waals surface area (Å²) < 4.78 is 13.4. The van der Waals surface area contributed by atoms with E-state index < -0.39 is 5.82 Å². The first kappa shape index (κ1) is 13.1. The van der Waals surface area contributed by atoms with Crippen molar-refractivity contribution in [2.24, 2.45) is 0 Å². The fraction of sp³-hybridized carbons (Fsp3) is 0.250. The molecule has 0 saturated carbocycles. The van der Waals surface area contributed by atoms with E-state index in [1.165, 1.54) is 13.0 Å². The quantitative estimate of drug-likeness (QED) is 0.717. The summed E-state index contributed by atoms with van der Waals surface area (Å²) in [6.07, 6.45) is 0. The lowest BCUT2D eigenvalue weighted by Crippen LogP contribution is -1.87. The van der Waals surface area contributed by atoms with Crippen molar-refractivity contribution in [3.05, 3.63) is 34.1 Å². The number of carbonyl (C=O) groups excluding carboxylic acids is 1. The van der Waals surface area contributed by atoms with Crippen molar-refractivity contribution >= 4 is 28.5 Å². The fourth-order valence-corrected chi connectivity index (χ4v) is 1.52. The van der Waals surface area contributed by atoms with Crippen LogP contribution in [0, 0.1) is 24.6 Å². The van der Waals surface area contributed by atoms with Gasteiger partial charge in [-0.3, -0.25) is 4.79 Å². The topological polar surface area (TPSA) is 17.1 Å². The third-order valence-corrected chi connectivity index (χ3v) is 2.92. The summed E-state index contributed by atoms with van der Waals surface area (Å²) in [7, 11) is 0. The normalized spacial score (nSPS) is 9.50. The Labute approximate surface area is 103 Å². The van der Waals surface area contributed by atoms with Crippen molar-refractivity contribution in [2.45, 2.75) is 13.8 Å². The lowest BCUT2D eigenvalue weighted by molar-refractivity contribution is -0.109. The number of rotatable bonds is 1. The third-order valence-electron chi connectivity index (χ3n) is 1.82. The van der Waals surface area contributed by atoms with Gasteiger partial charge in [0.25, 0.3) is 0 Å². The smallest absolute Gasteiger partial charge is 0.186 e. The maximum atomic E-state index is 13.4. The molecule has 1 aromatic rings. The van der Waals surface area contributed by atoms with Crippen LogP contribution in [0.3, 0.4) is 0 Å². The Bertz CT molecular complexity index is 474. The average Bonchev–Trinajstić information content (AvgIpc) is 2.19. The van der Waals surface area contributed by atoms with Gasteiger partial charge in [-0.1, -0.05) is 35.2 Å². The van der Waals surface area contributed by atoms with E-state index in [0.29, 0.717) is 16.3 Å². The first-order valence-electron chi connectivity index (χ1n) is 4.58. The molecule has 84 valence electrons. The molecular weight excluding hydrogens is 247 g/mol. The number of halogens is 2. The molecule has 0 aliphatic heterocycles. The molecule has 0 unspecified atom stereocenters. The van der Waals surface area contributed by atoms with Crippen LogP contribution in [0.5, 0.6) is 0 Å². The van der Waals surface area contributed by atoms with Gasteiger partial charge in [-0.15, -0.1) is 0 Å². The van der Waals surface area contributed by atoms with Crippen LogP contribution in [0.25, 0.3) is 0 Å². The summed E-state index contributed by atoms with van der Waals surface area (Å²) in [5, 5.41) is 0.392. The number of hydrogen-bond donors (Lipinski definition) is 0. The number of thioether (sulfide) groups is 1. The van der Waals surface area contributed by atoms with Crippen molar-refractivity contribution in [2.75, 3.05) is 5.75 Å². The van der Waals surface area contributed by atoms with Gasteiger partial charge in [-0.05, 0) is 24.6 Å². The fourth-order valence-electron chi connectivity index (χ4n) is 1.02. The van der Waals surface area contributed by atoms with E-state index >= 15 is 0 Å². The van der Waals surface area contributed by atoms with Crippen LogP contribution >= 0.6 is 23.4 Å². The Balaban J connectivity index is 2.81. The minimum atomic E-state index is -0.434. The molecule has 1 aromatic carbocycles. The molecular formula is C12H10ClFOS. The second-order valence-electron chi connectivity index (χ2n) is 3.16. The van der Waals surface area contributed by atoms with Crippen LogP contribution in [-0.4, -0.2) is 10.9 Å². The molecule has 0 aliphatic carbocycles. The number of hydrogen-bond acceptors (Lipinski definition) is 2. The minimum Gasteiger partial charge on any atom is -0.288 e. The van der Waals surface area contributed by atoms with E-state index in [0.717, 1.165) is 17.3 Å². The molecule has 0 fully saturated rings. The predicted octanol–water partition coefficient (Wildman–Crippen LogP) is 3.42. The molecule has 4 heteroatoms. The average molecular weight is 257 g/mol. The van der Waals surface area contributed by atoms with Crippen LogP contribution in [-0.2, 0) is 4.79 Å². The van der Waals surface area contributed by atoms with E-state index in [2.05, 4.69) is 11.8 Å². The van der Waals surface area contributed by atoms with Crippen LogP contribution < -0.4 is 0 Å². The molecule has 0 N–H and O–H groups in total. The third kappa shape index (κ3) is 3.88. The lowest BCUT2D eigenvalue weighted by atomic mass is 10.1. The molecule has 0 atom stereocenters. The Hall–Kier alpha value is -0.980. The SMILES string of the molecule is CC(=O)SCC#Cc1cc(C)c(Cl)cc1F. The van der Waals surface area contributed by atoms with Crippen molar-refractivity contribution < 1.29 is 9.18 Å². The Morgan fingerprint density at radius 3 is 2.88 bits per heavy atom. The van der Waals surface area contributed by atoms with Crippen molar-refractivity contribution in [1.29, 1.82) is 0 Å². The highest BCUT2D eigenvalue weighted by molar-refractivity contribution is 8.13. The van der Waals surface area contributed by atoms with E-state index in [1.54, 1.807) is 13.0 Å². The molecule has 0 aliphatic rings. The Morgan fingerprint density at radius 1 is 1.56 bits per heavy atom. The molecule has 0 heterocycles. The molecule has 0 saturated heterocycles. The standard InChI is InChI=1S/C12H10ClFOS/c1-8-6-10(12(14)7-11(8)13)4-3-5-16-9(2)15/h6-7H,5H2,1-2H3. The van der Waals surface area contributed by atoms with Gasteiger partial charge in [0.05, 0.1) is 11.3 Å². The molecule has 1 rings (SSSR count). The van der Waals surface area contributed by atoms with E-state index in [9.17, 15) is 9.18 Å². The lowest BCUT2D eigenvalue weighted by Gasteiger charge is -1.99. The van der Waals surface area contributed by atoms with Gasteiger partial charge in [0.2, 0.25) is 0 Å². The number of aryl methyl sites for hydroxylation is 1. The van der Waals surface area contributed by atoms with Gasteiger partial charge < -0.3 is 0 Å². The van der Waals surface area contributed by atoms with E-state index in [4.69, 9.17) is 11.6 Å². The predicted molar refractivity (Wildman–Crippen MR) is 66.2 cm³/mol. The van der Waals surface area contributed by atoms with Gasteiger partial charge >= 0.3 is 0 Å². The summed E-state index contributed by atoms with van der Waals surface area (Å²) in [4.78, 5) is 10.6. The van der Waals surface area contributed by atoms with Gasteiger partial charge in [0, 0.05) is 11.9 Å². The maximum absolute atomic E-state index is 13.4. The minimum absolute atomic E-state index is 0.00191. The zero-order chi connectivity index (χ0) is 12.1. The second kappa shape index (κ2) is 5.93. The van der Waals surface area contributed by atoms with Crippen LogP contribution in [0.15, 0.2) is 12.1 Å². The highest BCUT2D eigenvalue weighted by atomic mass is 35.5. The Kier molecular flexibility index (Phi) is 4.85. The van der Waals surface area contributed by atoms with Gasteiger partial charge in [-0.2, -0.15) is 0 Å². The highest BCUT2D eigenvalue weighted by Crippen LogP contribution is 2.19. The zero-order valence-electron chi connectivity index (χ0n) is 8.93.